The van der Waals surface area contributed by atoms with Crippen LogP contribution in [0.1, 0.15) is 6.92 Å². The topological polar surface area (TPSA) is 111 Å². The van der Waals surface area contributed by atoms with E-state index in [0.29, 0.717) is 0 Å². The Morgan fingerprint density at radius 2 is 2.35 bits per heavy atom. The summed E-state index contributed by atoms with van der Waals surface area (Å²) in [6, 6.07) is 0. The summed E-state index contributed by atoms with van der Waals surface area (Å²) in [6.45, 7) is 2.49. The van der Waals surface area contributed by atoms with E-state index in [4.69, 9.17) is 10.5 Å². The molecule has 0 spiro atoms. The Bertz CT molecular complexity index is 358. The number of hydrogen-bond acceptors (Lipinski definition) is 6. The van der Waals surface area contributed by atoms with Gasteiger partial charge in [-0.2, -0.15) is 12.7 Å². The van der Waals surface area contributed by atoms with Crippen LogP contribution < -0.4 is 10.5 Å². The van der Waals surface area contributed by atoms with Crippen molar-refractivity contribution in [2.75, 3.05) is 32.8 Å². The molecule has 0 aromatic rings. The van der Waals surface area contributed by atoms with Crippen LogP contribution in [0.25, 0.3) is 0 Å². The second kappa shape index (κ2) is 6.15. The van der Waals surface area contributed by atoms with Gasteiger partial charge in [0.2, 0.25) is 0 Å². The van der Waals surface area contributed by atoms with Gasteiger partial charge in [-0.1, -0.05) is 0 Å². The molecule has 1 aliphatic rings. The molecule has 1 fully saturated rings. The molecule has 100 valence electrons. The summed E-state index contributed by atoms with van der Waals surface area (Å²) in [5.74, 6) is 0. The van der Waals surface area contributed by atoms with Gasteiger partial charge in [0, 0.05) is 19.6 Å². The second-order valence-corrected chi connectivity index (χ2v) is 5.08. The molecule has 1 amide bonds. The zero-order valence-corrected chi connectivity index (χ0v) is 10.4. The molecule has 1 rings (SSSR count). The van der Waals surface area contributed by atoms with E-state index in [1.54, 1.807) is 6.92 Å². The quantitative estimate of drug-likeness (QED) is 0.650. The summed E-state index contributed by atoms with van der Waals surface area (Å²) in [6.07, 6.45) is -1.33. The van der Waals surface area contributed by atoms with Crippen LogP contribution in [-0.2, 0) is 19.7 Å². The van der Waals surface area contributed by atoms with E-state index in [1.165, 1.54) is 0 Å². The number of nitrogens with one attached hydrogen (secondary N) is 1. The lowest BCUT2D eigenvalue weighted by atomic mass is 10.3. The number of amides is 1. The van der Waals surface area contributed by atoms with Crippen molar-refractivity contribution in [1.29, 1.82) is 0 Å². The van der Waals surface area contributed by atoms with Crippen LogP contribution in [0.4, 0.5) is 4.79 Å². The Morgan fingerprint density at radius 3 is 2.94 bits per heavy atom. The number of nitrogens with zero attached hydrogens (tertiary/aromatic N) is 1. The van der Waals surface area contributed by atoms with Crippen LogP contribution in [0.2, 0.25) is 0 Å². The molecule has 1 atom stereocenters. The monoisotopic (exact) mass is 267 g/mol. The standard InChI is InChI=1S/C8H17N3O5S/c1-2-15-8(12)10-17(13,14)11-3-4-16-7(5-9)6-11/h7H,2-6,9H2,1H3,(H,10,12). The highest BCUT2D eigenvalue weighted by Gasteiger charge is 2.30. The van der Waals surface area contributed by atoms with Gasteiger partial charge in [0.15, 0.2) is 0 Å². The van der Waals surface area contributed by atoms with E-state index in [1.807, 2.05) is 4.72 Å². The Hall–Kier alpha value is -0.900. The van der Waals surface area contributed by atoms with Crippen molar-refractivity contribution >= 4 is 16.3 Å². The highest BCUT2D eigenvalue weighted by atomic mass is 32.2. The molecule has 1 unspecified atom stereocenters. The van der Waals surface area contributed by atoms with Crippen molar-refractivity contribution in [2.45, 2.75) is 13.0 Å². The van der Waals surface area contributed by atoms with E-state index in [9.17, 15) is 13.2 Å². The van der Waals surface area contributed by atoms with E-state index in [-0.39, 0.29) is 39.0 Å². The number of rotatable bonds is 4. The number of ether oxygens (including phenoxy) is 2. The van der Waals surface area contributed by atoms with Gasteiger partial charge in [-0.15, -0.1) is 0 Å². The van der Waals surface area contributed by atoms with E-state index in [0.717, 1.165) is 4.31 Å². The Balaban J connectivity index is 2.60. The molecular weight excluding hydrogens is 250 g/mol. The Kier molecular flexibility index (Phi) is 5.12. The van der Waals surface area contributed by atoms with Crippen LogP contribution in [0.5, 0.6) is 0 Å². The Morgan fingerprint density at radius 1 is 1.65 bits per heavy atom. The molecule has 0 saturated carbocycles. The third kappa shape index (κ3) is 4.11. The fourth-order valence-electron chi connectivity index (χ4n) is 1.38. The number of carbonyl (C=O) groups excluding carboxylic acids is 1. The summed E-state index contributed by atoms with van der Waals surface area (Å²) in [7, 11) is -3.87. The van der Waals surface area contributed by atoms with Crippen molar-refractivity contribution < 1.29 is 22.7 Å². The lowest BCUT2D eigenvalue weighted by molar-refractivity contribution is 0.00411. The molecule has 0 bridgehead atoms. The normalized spacial score (nSPS) is 22.1. The SMILES string of the molecule is CCOC(=O)NS(=O)(=O)N1CCOC(CN)C1. The Labute approximate surface area is 100 Å². The number of hydrogen-bond donors (Lipinski definition) is 2. The lowest BCUT2D eigenvalue weighted by Gasteiger charge is -2.31. The van der Waals surface area contributed by atoms with Crippen molar-refractivity contribution in [2.24, 2.45) is 5.73 Å². The van der Waals surface area contributed by atoms with Gasteiger partial charge in [-0.05, 0) is 6.92 Å². The maximum absolute atomic E-state index is 11.7. The minimum atomic E-state index is -3.87. The van der Waals surface area contributed by atoms with Crippen molar-refractivity contribution in [1.82, 2.24) is 9.03 Å². The molecule has 1 saturated heterocycles. The molecule has 0 radical (unpaired) electrons. The van der Waals surface area contributed by atoms with Crippen molar-refractivity contribution in [3.8, 4) is 0 Å². The lowest BCUT2D eigenvalue weighted by Crippen LogP contribution is -2.52. The van der Waals surface area contributed by atoms with Gasteiger partial charge in [-0.3, -0.25) is 0 Å². The maximum atomic E-state index is 11.7. The summed E-state index contributed by atoms with van der Waals surface area (Å²) in [4.78, 5) is 11.1. The predicted octanol–water partition coefficient (Wildman–Crippen LogP) is -1.36. The van der Waals surface area contributed by atoms with Gasteiger partial charge < -0.3 is 15.2 Å². The minimum Gasteiger partial charge on any atom is -0.449 e. The van der Waals surface area contributed by atoms with Crippen molar-refractivity contribution in [3.63, 3.8) is 0 Å². The first-order valence-electron chi connectivity index (χ1n) is 5.26. The summed E-state index contributed by atoms with van der Waals surface area (Å²) >= 11 is 0. The fraction of sp³-hybridized carbons (Fsp3) is 0.875. The fourth-order valence-corrected chi connectivity index (χ4v) is 2.46. The zero-order valence-electron chi connectivity index (χ0n) is 9.59. The third-order valence-electron chi connectivity index (χ3n) is 2.19. The zero-order chi connectivity index (χ0) is 12.9. The molecular formula is C8H17N3O5S. The molecule has 0 aliphatic carbocycles. The minimum absolute atomic E-state index is 0.107. The molecule has 9 heteroatoms. The van der Waals surface area contributed by atoms with E-state index < -0.39 is 16.3 Å². The van der Waals surface area contributed by atoms with Crippen LogP contribution in [-0.4, -0.2) is 57.8 Å². The molecule has 8 nitrogen and oxygen atoms in total. The summed E-state index contributed by atoms with van der Waals surface area (Å²) in [5.41, 5.74) is 5.40. The first-order chi connectivity index (χ1) is 7.99. The van der Waals surface area contributed by atoms with E-state index >= 15 is 0 Å². The van der Waals surface area contributed by atoms with Crippen molar-refractivity contribution in [3.05, 3.63) is 0 Å². The molecule has 3 N–H and O–H groups in total. The number of carbonyl (C=O) groups is 1. The number of morpholine rings is 1. The molecule has 17 heavy (non-hydrogen) atoms. The molecule has 1 heterocycles. The van der Waals surface area contributed by atoms with Gasteiger partial charge >= 0.3 is 16.3 Å². The van der Waals surface area contributed by atoms with Gasteiger partial charge in [-0.25, -0.2) is 9.52 Å². The van der Waals surface area contributed by atoms with Gasteiger partial charge in [0.1, 0.15) is 0 Å². The van der Waals surface area contributed by atoms with Crippen LogP contribution in [0.3, 0.4) is 0 Å². The molecule has 1 aliphatic heterocycles. The second-order valence-electron chi connectivity index (χ2n) is 3.41. The van der Waals surface area contributed by atoms with Crippen LogP contribution >= 0.6 is 0 Å². The first-order valence-corrected chi connectivity index (χ1v) is 6.70. The first kappa shape index (κ1) is 14.2. The van der Waals surface area contributed by atoms with Crippen LogP contribution in [0.15, 0.2) is 0 Å². The number of nitrogens with two attached hydrogens (primary N) is 1. The average molecular weight is 267 g/mol. The summed E-state index contributed by atoms with van der Waals surface area (Å²) in [5, 5.41) is 0. The predicted molar refractivity (Wildman–Crippen MR) is 59.4 cm³/mol. The largest absolute Gasteiger partial charge is 0.449 e. The van der Waals surface area contributed by atoms with E-state index in [2.05, 4.69) is 4.74 Å². The highest BCUT2D eigenvalue weighted by Crippen LogP contribution is 2.08. The average Bonchev–Trinajstić information content (AvgIpc) is 2.28. The summed E-state index contributed by atoms with van der Waals surface area (Å²) < 4.78 is 36.2. The van der Waals surface area contributed by atoms with Gasteiger partial charge in [0.25, 0.3) is 0 Å². The smallest absolute Gasteiger partial charge is 0.421 e. The third-order valence-corrected chi connectivity index (χ3v) is 3.63. The molecule has 0 aromatic carbocycles. The van der Waals surface area contributed by atoms with Gasteiger partial charge in [0.05, 0.1) is 19.3 Å². The highest BCUT2D eigenvalue weighted by molar-refractivity contribution is 7.87. The van der Waals surface area contributed by atoms with Crippen LogP contribution in [0, 0.1) is 0 Å². The maximum Gasteiger partial charge on any atom is 0.421 e. The molecule has 0 aromatic heterocycles.